The molecule has 3 aromatic rings. The van der Waals surface area contributed by atoms with Gasteiger partial charge in [0.1, 0.15) is 5.75 Å². The fourth-order valence-corrected chi connectivity index (χ4v) is 2.39. The first kappa shape index (κ1) is 13.6. The van der Waals surface area contributed by atoms with E-state index in [9.17, 15) is 9.90 Å². The third-order valence-corrected chi connectivity index (χ3v) is 3.54. The minimum Gasteiger partial charge on any atom is -0.507 e. The van der Waals surface area contributed by atoms with Gasteiger partial charge in [0.05, 0.1) is 11.1 Å². The molecule has 0 unspecified atom stereocenters. The summed E-state index contributed by atoms with van der Waals surface area (Å²) in [5, 5.41) is 11.2. The number of pyridine rings is 1. The molecule has 104 valence electrons. The maximum absolute atomic E-state index is 12.5. The number of nitrogens with zero attached hydrogens (tertiary/aromatic N) is 1. The summed E-state index contributed by atoms with van der Waals surface area (Å²) in [4.78, 5) is 16.8. The highest BCUT2D eigenvalue weighted by Crippen LogP contribution is 2.24. The Hall–Kier alpha value is -2.39. The van der Waals surface area contributed by atoms with Gasteiger partial charge in [-0.05, 0) is 43.3 Å². The van der Waals surface area contributed by atoms with Crippen molar-refractivity contribution < 1.29 is 9.90 Å². The van der Waals surface area contributed by atoms with Crippen LogP contribution in [0.1, 0.15) is 21.5 Å². The maximum atomic E-state index is 12.5. The predicted octanol–water partition coefficient (Wildman–Crippen LogP) is 4.13. The van der Waals surface area contributed by atoms with Crippen molar-refractivity contribution in [1.82, 2.24) is 4.98 Å². The van der Waals surface area contributed by atoms with Crippen molar-refractivity contribution in [3.05, 3.63) is 70.4 Å². The molecule has 0 amide bonds. The summed E-state index contributed by atoms with van der Waals surface area (Å²) in [5.41, 5.74) is 2.38. The second-order valence-corrected chi connectivity index (χ2v) is 5.35. The van der Waals surface area contributed by atoms with E-state index in [-0.39, 0.29) is 17.1 Å². The minimum absolute atomic E-state index is 0.0307. The predicted molar refractivity (Wildman–Crippen MR) is 83.0 cm³/mol. The molecule has 1 N–H and O–H groups in total. The number of aryl methyl sites for hydroxylation is 1. The minimum atomic E-state index is -0.259. The monoisotopic (exact) mass is 297 g/mol. The molecule has 0 saturated heterocycles. The van der Waals surface area contributed by atoms with E-state index in [2.05, 4.69) is 4.98 Å². The number of aromatic nitrogens is 1. The Morgan fingerprint density at radius 2 is 1.95 bits per heavy atom. The zero-order chi connectivity index (χ0) is 15.0. The van der Waals surface area contributed by atoms with Gasteiger partial charge in [0.15, 0.2) is 5.78 Å². The van der Waals surface area contributed by atoms with E-state index in [4.69, 9.17) is 11.6 Å². The van der Waals surface area contributed by atoms with Gasteiger partial charge in [0.2, 0.25) is 0 Å². The number of benzene rings is 2. The van der Waals surface area contributed by atoms with E-state index in [0.29, 0.717) is 10.6 Å². The van der Waals surface area contributed by atoms with Crippen molar-refractivity contribution in [2.24, 2.45) is 0 Å². The number of phenols is 1. The highest BCUT2D eigenvalue weighted by atomic mass is 35.5. The van der Waals surface area contributed by atoms with Gasteiger partial charge >= 0.3 is 0 Å². The lowest BCUT2D eigenvalue weighted by molar-refractivity contribution is 0.103. The van der Waals surface area contributed by atoms with Crippen LogP contribution in [-0.4, -0.2) is 15.9 Å². The van der Waals surface area contributed by atoms with Crippen LogP contribution in [0.3, 0.4) is 0 Å². The molecular formula is C17H12ClNO2. The third-order valence-electron chi connectivity index (χ3n) is 3.30. The molecule has 0 aliphatic carbocycles. The zero-order valence-electron chi connectivity index (χ0n) is 11.3. The van der Waals surface area contributed by atoms with Crippen LogP contribution in [0.25, 0.3) is 10.9 Å². The topological polar surface area (TPSA) is 50.2 Å². The summed E-state index contributed by atoms with van der Waals surface area (Å²) in [6, 6.07) is 12.0. The molecule has 0 bridgehead atoms. The van der Waals surface area contributed by atoms with Crippen molar-refractivity contribution in [2.75, 3.05) is 0 Å². The van der Waals surface area contributed by atoms with E-state index in [1.807, 2.05) is 6.92 Å². The van der Waals surface area contributed by atoms with Crippen molar-refractivity contribution >= 4 is 28.3 Å². The first-order valence-corrected chi connectivity index (χ1v) is 6.82. The summed E-state index contributed by atoms with van der Waals surface area (Å²) < 4.78 is 0. The highest BCUT2D eigenvalue weighted by molar-refractivity contribution is 6.31. The van der Waals surface area contributed by atoms with Gasteiger partial charge in [-0.15, -0.1) is 0 Å². The van der Waals surface area contributed by atoms with E-state index >= 15 is 0 Å². The Balaban J connectivity index is 2.11. The van der Waals surface area contributed by atoms with Crippen molar-refractivity contribution in [3.8, 4) is 5.75 Å². The number of carbonyl (C=O) groups is 1. The van der Waals surface area contributed by atoms with Gasteiger partial charge in [-0.25, -0.2) is 0 Å². The number of carbonyl (C=O) groups excluding carboxylic acids is 1. The molecule has 1 heterocycles. The van der Waals surface area contributed by atoms with Crippen LogP contribution in [0.15, 0.2) is 48.7 Å². The number of hydrogen-bond donors (Lipinski definition) is 1. The quantitative estimate of drug-likeness (QED) is 0.723. The van der Waals surface area contributed by atoms with Gasteiger partial charge in [-0.3, -0.25) is 9.78 Å². The number of phenolic OH excluding ortho intramolecular Hbond substituents is 1. The van der Waals surface area contributed by atoms with Crippen LogP contribution >= 0.6 is 11.6 Å². The Morgan fingerprint density at radius 1 is 1.14 bits per heavy atom. The number of rotatable bonds is 2. The van der Waals surface area contributed by atoms with Crippen molar-refractivity contribution in [1.29, 1.82) is 0 Å². The van der Waals surface area contributed by atoms with Crippen LogP contribution in [0, 0.1) is 6.92 Å². The van der Waals surface area contributed by atoms with Gasteiger partial charge in [-0.2, -0.15) is 0 Å². The number of ketones is 1. The number of hydrogen-bond acceptors (Lipinski definition) is 3. The summed E-state index contributed by atoms with van der Waals surface area (Å²) >= 11 is 5.96. The molecule has 3 nitrogen and oxygen atoms in total. The molecule has 0 saturated carbocycles. The molecular weight excluding hydrogens is 286 g/mol. The Labute approximate surface area is 126 Å². The molecule has 0 atom stereocenters. The Bertz CT molecular complexity index is 859. The molecule has 3 rings (SSSR count). The van der Waals surface area contributed by atoms with Crippen LogP contribution in [0.4, 0.5) is 0 Å². The van der Waals surface area contributed by atoms with Gasteiger partial charge in [0, 0.05) is 22.2 Å². The van der Waals surface area contributed by atoms with Gasteiger partial charge in [-0.1, -0.05) is 23.2 Å². The summed E-state index contributed by atoms with van der Waals surface area (Å²) in [7, 11) is 0. The molecule has 2 aromatic carbocycles. The van der Waals surface area contributed by atoms with E-state index in [1.165, 1.54) is 12.3 Å². The lowest BCUT2D eigenvalue weighted by atomic mass is 10.0. The molecule has 1 aromatic heterocycles. The summed E-state index contributed by atoms with van der Waals surface area (Å²) in [6.45, 7) is 1.87. The van der Waals surface area contributed by atoms with E-state index in [0.717, 1.165) is 16.5 Å². The fourth-order valence-electron chi connectivity index (χ4n) is 2.21. The molecule has 0 aliphatic rings. The van der Waals surface area contributed by atoms with Crippen molar-refractivity contribution in [2.45, 2.75) is 6.92 Å². The van der Waals surface area contributed by atoms with Gasteiger partial charge in [0.25, 0.3) is 0 Å². The Kier molecular flexibility index (Phi) is 3.35. The molecule has 0 fully saturated rings. The summed E-state index contributed by atoms with van der Waals surface area (Å²) in [6.07, 6.45) is 1.51. The van der Waals surface area contributed by atoms with Crippen LogP contribution in [0.5, 0.6) is 5.75 Å². The zero-order valence-corrected chi connectivity index (χ0v) is 12.1. The van der Waals surface area contributed by atoms with Crippen molar-refractivity contribution in [3.63, 3.8) is 0 Å². The molecule has 21 heavy (non-hydrogen) atoms. The van der Waals surface area contributed by atoms with Crippen LogP contribution in [-0.2, 0) is 0 Å². The van der Waals surface area contributed by atoms with Gasteiger partial charge < -0.3 is 5.11 Å². The standard InChI is InChI=1S/C17H12ClNO2/c1-10-2-5-16(20)14(6-10)17(21)12-7-11-8-13(18)3-4-15(11)19-9-12/h2-9,20H,1H3. The normalized spacial score (nSPS) is 10.8. The number of aromatic hydroxyl groups is 1. The van der Waals surface area contributed by atoms with E-state index < -0.39 is 0 Å². The highest BCUT2D eigenvalue weighted by Gasteiger charge is 2.14. The maximum Gasteiger partial charge on any atom is 0.198 e. The molecule has 0 spiro atoms. The number of halogens is 1. The SMILES string of the molecule is Cc1ccc(O)c(C(=O)c2cnc3ccc(Cl)cc3c2)c1. The molecule has 0 radical (unpaired) electrons. The third kappa shape index (κ3) is 2.60. The lowest BCUT2D eigenvalue weighted by Gasteiger charge is -2.06. The second-order valence-electron chi connectivity index (χ2n) is 4.91. The molecule has 4 heteroatoms. The average molecular weight is 298 g/mol. The average Bonchev–Trinajstić information content (AvgIpc) is 2.48. The lowest BCUT2D eigenvalue weighted by Crippen LogP contribution is -2.03. The van der Waals surface area contributed by atoms with Crippen LogP contribution in [0.2, 0.25) is 5.02 Å². The molecule has 0 aliphatic heterocycles. The fraction of sp³-hybridized carbons (Fsp3) is 0.0588. The Morgan fingerprint density at radius 3 is 2.76 bits per heavy atom. The second kappa shape index (κ2) is 5.19. The van der Waals surface area contributed by atoms with Crippen LogP contribution < -0.4 is 0 Å². The first-order valence-electron chi connectivity index (χ1n) is 6.44. The smallest absolute Gasteiger partial charge is 0.198 e. The largest absolute Gasteiger partial charge is 0.507 e. The first-order chi connectivity index (χ1) is 10.0. The summed E-state index contributed by atoms with van der Waals surface area (Å²) in [5.74, 6) is -0.289. The van der Waals surface area contributed by atoms with E-state index in [1.54, 1.807) is 36.4 Å². The number of fused-ring (bicyclic) bond motifs is 1.